The number of phenolic OH excluding ortho intramolecular Hbond substituents is 1. The molecular formula is C28H47N3O6. The third-order valence-corrected chi connectivity index (χ3v) is 5.91. The second kappa shape index (κ2) is 14.8. The van der Waals surface area contributed by atoms with Crippen molar-refractivity contribution < 1.29 is 29.3 Å². The van der Waals surface area contributed by atoms with Gasteiger partial charge in [0.05, 0.1) is 6.61 Å². The third kappa shape index (κ3) is 11.0. The van der Waals surface area contributed by atoms with Crippen molar-refractivity contribution in [1.82, 2.24) is 15.5 Å². The molecule has 0 radical (unpaired) electrons. The molecule has 1 aromatic rings. The standard InChI is InChI=1S/C28H47N3O6/c1-9-10-19(4)29-25(34)24(21-13-15-22(33)16-14-21)31(20(5)12-11-18(2)3)26(35)23(17-32)30-27(36)37-28(6,7)8/h13-16,18-20,23-24,32-33H,9-12,17H2,1-8H3,(H,29,34)(H,30,36). The molecule has 9 heteroatoms. The van der Waals surface area contributed by atoms with Gasteiger partial charge >= 0.3 is 6.09 Å². The molecule has 0 spiro atoms. The zero-order valence-electron chi connectivity index (χ0n) is 23.7. The average molecular weight is 522 g/mol. The Bertz CT molecular complexity index is 866. The highest BCUT2D eigenvalue weighted by atomic mass is 16.6. The first-order valence-corrected chi connectivity index (χ1v) is 13.2. The Morgan fingerprint density at radius 1 is 0.973 bits per heavy atom. The van der Waals surface area contributed by atoms with Crippen LogP contribution in [0.2, 0.25) is 0 Å². The summed E-state index contributed by atoms with van der Waals surface area (Å²) in [4.78, 5) is 41.5. The van der Waals surface area contributed by atoms with E-state index in [1.807, 2.05) is 20.8 Å². The molecule has 0 bridgehead atoms. The van der Waals surface area contributed by atoms with Gasteiger partial charge in [-0.3, -0.25) is 9.59 Å². The minimum atomic E-state index is -1.31. The zero-order valence-corrected chi connectivity index (χ0v) is 23.7. The lowest BCUT2D eigenvalue weighted by Crippen LogP contribution is -2.57. The summed E-state index contributed by atoms with van der Waals surface area (Å²) in [5.74, 6) is -0.558. The maximum Gasteiger partial charge on any atom is 0.408 e. The van der Waals surface area contributed by atoms with Gasteiger partial charge in [0.25, 0.3) is 0 Å². The van der Waals surface area contributed by atoms with Gasteiger partial charge in [0.1, 0.15) is 23.4 Å². The number of hydrogen-bond acceptors (Lipinski definition) is 6. The molecule has 0 saturated carbocycles. The molecule has 0 aliphatic rings. The summed E-state index contributed by atoms with van der Waals surface area (Å²) in [7, 11) is 0. The lowest BCUT2D eigenvalue weighted by Gasteiger charge is -2.39. The Hall–Kier alpha value is -2.81. The second-order valence-corrected chi connectivity index (χ2v) is 11.1. The molecule has 4 N–H and O–H groups in total. The molecular weight excluding hydrogens is 474 g/mol. The Morgan fingerprint density at radius 3 is 2.05 bits per heavy atom. The predicted molar refractivity (Wildman–Crippen MR) is 144 cm³/mol. The molecule has 0 heterocycles. The van der Waals surface area contributed by atoms with E-state index >= 15 is 0 Å². The lowest BCUT2D eigenvalue weighted by molar-refractivity contribution is -0.146. The van der Waals surface area contributed by atoms with Crippen LogP contribution in [0, 0.1) is 5.92 Å². The number of carbonyl (C=O) groups is 3. The fourth-order valence-corrected chi connectivity index (χ4v) is 4.05. The molecule has 0 fully saturated rings. The summed E-state index contributed by atoms with van der Waals surface area (Å²) in [6.07, 6.45) is 2.23. The van der Waals surface area contributed by atoms with E-state index in [4.69, 9.17) is 4.74 Å². The van der Waals surface area contributed by atoms with E-state index in [1.165, 1.54) is 17.0 Å². The molecule has 9 nitrogen and oxygen atoms in total. The van der Waals surface area contributed by atoms with Crippen LogP contribution in [-0.4, -0.2) is 63.4 Å². The number of hydrogen-bond donors (Lipinski definition) is 4. The number of carbonyl (C=O) groups excluding carboxylic acids is 3. The van der Waals surface area contributed by atoms with Crippen molar-refractivity contribution in [3.8, 4) is 5.75 Å². The highest BCUT2D eigenvalue weighted by Crippen LogP contribution is 2.29. The topological polar surface area (TPSA) is 128 Å². The minimum Gasteiger partial charge on any atom is -0.508 e. The van der Waals surface area contributed by atoms with Gasteiger partial charge in [-0.25, -0.2) is 4.79 Å². The molecule has 0 aliphatic heterocycles. The van der Waals surface area contributed by atoms with Gasteiger partial charge in [-0.05, 0) is 77.5 Å². The van der Waals surface area contributed by atoms with E-state index in [1.54, 1.807) is 32.9 Å². The van der Waals surface area contributed by atoms with Crippen LogP contribution in [-0.2, 0) is 14.3 Å². The second-order valence-electron chi connectivity index (χ2n) is 11.1. The van der Waals surface area contributed by atoms with Crippen LogP contribution in [0.5, 0.6) is 5.75 Å². The fourth-order valence-electron chi connectivity index (χ4n) is 4.05. The number of ether oxygens (including phenoxy) is 1. The van der Waals surface area contributed by atoms with E-state index in [-0.39, 0.29) is 17.7 Å². The third-order valence-electron chi connectivity index (χ3n) is 5.91. The Balaban J connectivity index is 3.51. The van der Waals surface area contributed by atoms with Crippen molar-refractivity contribution in [2.75, 3.05) is 6.61 Å². The zero-order chi connectivity index (χ0) is 28.3. The van der Waals surface area contributed by atoms with Crippen molar-refractivity contribution >= 4 is 17.9 Å². The molecule has 1 rings (SSSR count). The Morgan fingerprint density at radius 2 is 1.57 bits per heavy atom. The molecule has 37 heavy (non-hydrogen) atoms. The largest absolute Gasteiger partial charge is 0.508 e. The highest BCUT2D eigenvalue weighted by molar-refractivity contribution is 5.92. The molecule has 1 aromatic carbocycles. The van der Waals surface area contributed by atoms with E-state index < -0.39 is 42.3 Å². The molecule has 4 atom stereocenters. The number of nitrogens with one attached hydrogen (secondary N) is 2. The van der Waals surface area contributed by atoms with Crippen molar-refractivity contribution in [2.24, 2.45) is 5.92 Å². The number of rotatable bonds is 13. The predicted octanol–water partition coefficient (Wildman–Crippen LogP) is 4.28. The summed E-state index contributed by atoms with van der Waals surface area (Å²) in [6, 6.07) is 3.29. The summed E-state index contributed by atoms with van der Waals surface area (Å²) in [5.41, 5.74) is -0.279. The van der Waals surface area contributed by atoms with Crippen LogP contribution in [0.25, 0.3) is 0 Å². The monoisotopic (exact) mass is 521 g/mol. The summed E-state index contributed by atoms with van der Waals surface area (Å²) in [5, 5.41) is 25.4. The van der Waals surface area contributed by atoms with Crippen LogP contribution in [0.3, 0.4) is 0 Å². The van der Waals surface area contributed by atoms with Gasteiger partial charge in [-0.2, -0.15) is 0 Å². The molecule has 3 amide bonds. The number of benzene rings is 1. The van der Waals surface area contributed by atoms with E-state index in [0.717, 1.165) is 19.3 Å². The average Bonchev–Trinajstić information content (AvgIpc) is 2.78. The maximum absolute atomic E-state index is 13.9. The number of aliphatic hydroxyl groups is 1. The number of phenols is 1. The van der Waals surface area contributed by atoms with Crippen LogP contribution in [0.1, 0.15) is 92.7 Å². The van der Waals surface area contributed by atoms with Gasteiger partial charge in [-0.1, -0.05) is 39.3 Å². The Kier molecular flexibility index (Phi) is 12.9. The lowest BCUT2D eigenvalue weighted by atomic mass is 9.97. The van der Waals surface area contributed by atoms with Crippen LogP contribution < -0.4 is 10.6 Å². The molecule has 4 unspecified atom stereocenters. The number of nitrogens with zero attached hydrogens (tertiary/aromatic N) is 1. The van der Waals surface area contributed by atoms with Gasteiger partial charge in [0.15, 0.2) is 0 Å². The number of alkyl carbamates (subject to hydrolysis) is 1. The van der Waals surface area contributed by atoms with Crippen molar-refractivity contribution in [2.45, 2.75) is 111 Å². The summed E-state index contributed by atoms with van der Waals surface area (Å²) >= 11 is 0. The Labute approximate surface area is 222 Å². The fraction of sp³-hybridized carbons (Fsp3) is 0.679. The first-order valence-electron chi connectivity index (χ1n) is 13.2. The summed E-state index contributed by atoms with van der Waals surface area (Å²) < 4.78 is 5.29. The number of amides is 3. The normalized spacial score (nSPS) is 14.9. The van der Waals surface area contributed by atoms with Gasteiger partial charge in [0, 0.05) is 12.1 Å². The first-order chi connectivity index (χ1) is 17.2. The van der Waals surface area contributed by atoms with Crippen LogP contribution in [0.4, 0.5) is 4.79 Å². The summed E-state index contributed by atoms with van der Waals surface area (Å²) in [6.45, 7) is 14.4. The van der Waals surface area contributed by atoms with Crippen molar-refractivity contribution in [3.63, 3.8) is 0 Å². The van der Waals surface area contributed by atoms with Gasteiger partial charge < -0.3 is 30.5 Å². The highest BCUT2D eigenvalue weighted by Gasteiger charge is 2.39. The number of aliphatic hydroxyl groups excluding tert-OH is 1. The first kappa shape index (κ1) is 32.2. The van der Waals surface area contributed by atoms with Gasteiger partial charge in [0.2, 0.25) is 11.8 Å². The maximum atomic E-state index is 13.9. The van der Waals surface area contributed by atoms with E-state index in [2.05, 4.69) is 24.5 Å². The van der Waals surface area contributed by atoms with Crippen LogP contribution >= 0.6 is 0 Å². The van der Waals surface area contributed by atoms with Gasteiger partial charge in [-0.15, -0.1) is 0 Å². The number of aromatic hydroxyl groups is 1. The molecule has 0 aliphatic carbocycles. The smallest absolute Gasteiger partial charge is 0.408 e. The SMILES string of the molecule is CCCC(C)NC(=O)C(c1ccc(O)cc1)N(C(=O)C(CO)NC(=O)OC(C)(C)C)C(C)CCC(C)C. The van der Waals surface area contributed by atoms with E-state index in [9.17, 15) is 24.6 Å². The minimum absolute atomic E-state index is 0.0350. The van der Waals surface area contributed by atoms with E-state index in [0.29, 0.717) is 17.9 Å². The van der Waals surface area contributed by atoms with Crippen molar-refractivity contribution in [3.05, 3.63) is 29.8 Å². The molecule has 210 valence electrons. The van der Waals surface area contributed by atoms with Crippen LogP contribution in [0.15, 0.2) is 24.3 Å². The molecule has 0 saturated heterocycles. The van der Waals surface area contributed by atoms with Crippen molar-refractivity contribution in [1.29, 1.82) is 0 Å². The molecule has 0 aromatic heterocycles. The quantitative estimate of drug-likeness (QED) is 0.307.